The van der Waals surface area contributed by atoms with Gasteiger partial charge in [0.2, 0.25) is 0 Å². The minimum atomic E-state index is 0. The maximum absolute atomic E-state index is 5.67. The second-order valence-corrected chi connectivity index (χ2v) is 4.96. The number of hydrogen-bond donors (Lipinski definition) is 1. The third-order valence-electron chi connectivity index (χ3n) is 2.43. The number of nitrogens with two attached hydrogens (primary N) is 1. The summed E-state index contributed by atoms with van der Waals surface area (Å²) in [5, 5.41) is 0. The molecule has 0 aromatic heterocycles. The molecule has 2 N–H and O–H groups in total. The van der Waals surface area contributed by atoms with E-state index in [4.69, 9.17) is 38.4 Å². The Morgan fingerprint density at radius 3 is 1.90 bits per heavy atom. The van der Waals surface area contributed by atoms with E-state index >= 15 is 0 Å². The molecule has 0 saturated carbocycles. The highest BCUT2D eigenvalue weighted by Gasteiger charge is 1.98. The Morgan fingerprint density at radius 1 is 0.905 bits per heavy atom. The van der Waals surface area contributed by atoms with Crippen molar-refractivity contribution in [3.63, 3.8) is 0 Å². The van der Waals surface area contributed by atoms with Crippen molar-refractivity contribution in [2.75, 3.05) is 12.3 Å². The number of nitrogen functional groups attached to an aromatic ring is 1. The third kappa shape index (κ3) is 6.17. The first-order chi connectivity index (χ1) is 9.63. The number of anilines is 1. The molecule has 21 heavy (non-hydrogen) atoms. The molecule has 2 rings (SSSR count). The molecule has 0 aliphatic heterocycles. The molecular formula is C15H14Cl3NO2. The molecule has 0 aliphatic carbocycles. The number of rotatable bonds is 5. The molecule has 0 saturated heterocycles. The highest BCUT2D eigenvalue weighted by molar-refractivity contribution is 6.55. The smallest absolute Gasteiger partial charge is 0.127 e. The van der Waals surface area contributed by atoms with Crippen molar-refractivity contribution >= 4 is 41.3 Å². The summed E-state index contributed by atoms with van der Waals surface area (Å²) >= 11 is 11.0. The lowest BCUT2D eigenvalue weighted by molar-refractivity contribution is 0.362. The fraction of sp³-hybridized carbons (Fsp3) is 0.0667. The first-order valence-corrected chi connectivity index (χ1v) is 6.66. The van der Waals surface area contributed by atoms with Crippen molar-refractivity contribution in [2.24, 2.45) is 0 Å². The molecule has 0 fully saturated rings. The van der Waals surface area contributed by atoms with Crippen molar-refractivity contribution in [1.29, 1.82) is 0 Å². The highest BCUT2D eigenvalue weighted by atomic mass is 35.5. The van der Waals surface area contributed by atoms with Crippen molar-refractivity contribution < 1.29 is 9.47 Å². The van der Waals surface area contributed by atoms with Crippen LogP contribution in [0.3, 0.4) is 0 Å². The van der Waals surface area contributed by atoms with Gasteiger partial charge in [-0.3, -0.25) is 0 Å². The van der Waals surface area contributed by atoms with E-state index in [2.05, 4.69) is 0 Å². The van der Waals surface area contributed by atoms with E-state index in [1.54, 1.807) is 18.2 Å². The van der Waals surface area contributed by atoms with Crippen LogP contribution in [0.5, 0.6) is 17.2 Å². The summed E-state index contributed by atoms with van der Waals surface area (Å²) in [5.74, 6) is 2.15. The van der Waals surface area contributed by atoms with Crippen LogP contribution in [-0.2, 0) is 0 Å². The van der Waals surface area contributed by atoms with Gasteiger partial charge in [-0.05, 0) is 54.6 Å². The van der Waals surface area contributed by atoms with Gasteiger partial charge in [-0.25, -0.2) is 0 Å². The first-order valence-electron chi connectivity index (χ1n) is 5.91. The molecule has 3 nitrogen and oxygen atoms in total. The lowest BCUT2D eigenvalue weighted by atomic mass is 10.3. The van der Waals surface area contributed by atoms with Crippen LogP contribution in [0.2, 0.25) is 0 Å². The Bertz CT molecular complexity index is 579. The molecule has 0 spiro atoms. The van der Waals surface area contributed by atoms with Crippen LogP contribution < -0.4 is 15.2 Å². The third-order valence-corrected chi connectivity index (χ3v) is 2.74. The van der Waals surface area contributed by atoms with Gasteiger partial charge in [-0.15, -0.1) is 12.4 Å². The van der Waals surface area contributed by atoms with E-state index < -0.39 is 0 Å². The molecule has 0 heterocycles. The number of halogens is 3. The predicted molar refractivity (Wildman–Crippen MR) is 89.9 cm³/mol. The Labute approximate surface area is 139 Å². The molecule has 2 aromatic rings. The lowest BCUT2D eigenvalue weighted by Gasteiger charge is -2.07. The van der Waals surface area contributed by atoms with Crippen LogP contribution in [0.15, 0.2) is 59.1 Å². The summed E-state index contributed by atoms with van der Waals surface area (Å²) in [4.78, 5) is 0. The van der Waals surface area contributed by atoms with Crippen molar-refractivity contribution in [1.82, 2.24) is 0 Å². The summed E-state index contributed by atoms with van der Waals surface area (Å²) in [6, 6.07) is 14.4. The molecule has 0 radical (unpaired) electrons. The van der Waals surface area contributed by atoms with Gasteiger partial charge >= 0.3 is 0 Å². The minimum absolute atomic E-state index is 0. The van der Waals surface area contributed by atoms with Crippen LogP contribution in [0.1, 0.15) is 0 Å². The summed E-state index contributed by atoms with van der Waals surface area (Å²) in [7, 11) is 0. The molecule has 0 aliphatic rings. The van der Waals surface area contributed by atoms with Gasteiger partial charge in [0.25, 0.3) is 0 Å². The number of benzene rings is 2. The van der Waals surface area contributed by atoms with Crippen molar-refractivity contribution in [3.8, 4) is 17.2 Å². The van der Waals surface area contributed by atoms with Crippen LogP contribution >= 0.6 is 35.6 Å². The highest BCUT2D eigenvalue weighted by Crippen LogP contribution is 2.24. The maximum atomic E-state index is 5.67. The molecule has 0 bridgehead atoms. The van der Waals surface area contributed by atoms with E-state index in [0.717, 1.165) is 5.75 Å². The average molecular weight is 347 g/mol. The zero-order chi connectivity index (χ0) is 14.4. The fourth-order valence-corrected chi connectivity index (χ4v) is 1.60. The summed E-state index contributed by atoms with van der Waals surface area (Å²) in [6.45, 7) is 0.320. The molecule has 2 aromatic carbocycles. The Morgan fingerprint density at radius 2 is 1.38 bits per heavy atom. The zero-order valence-corrected chi connectivity index (χ0v) is 13.3. The van der Waals surface area contributed by atoms with Gasteiger partial charge in [0, 0.05) is 5.69 Å². The number of hydrogen-bond acceptors (Lipinski definition) is 3. The topological polar surface area (TPSA) is 44.5 Å². The zero-order valence-electron chi connectivity index (χ0n) is 11.0. The molecule has 0 atom stereocenters. The second kappa shape index (κ2) is 8.67. The van der Waals surface area contributed by atoms with Gasteiger partial charge < -0.3 is 15.2 Å². The first kappa shape index (κ1) is 17.5. The van der Waals surface area contributed by atoms with Crippen molar-refractivity contribution in [2.45, 2.75) is 0 Å². The van der Waals surface area contributed by atoms with E-state index in [1.165, 1.54) is 0 Å². The lowest BCUT2D eigenvalue weighted by Crippen LogP contribution is -1.93. The van der Waals surface area contributed by atoms with Gasteiger partial charge in [-0.2, -0.15) is 0 Å². The van der Waals surface area contributed by atoms with Gasteiger partial charge in [0.1, 0.15) is 28.3 Å². The second-order valence-electron chi connectivity index (χ2n) is 3.95. The monoisotopic (exact) mass is 345 g/mol. The van der Waals surface area contributed by atoms with E-state index in [0.29, 0.717) is 23.8 Å². The Kier molecular flexibility index (Phi) is 7.23. The van der Waals surface area contributed by atoms with Gasteiger partial charge in [0.15, 0.2) is 0 Å². The van der Waals surface area contributed by atoms with Crippen LogP contribution in [-0.4, -0.2) is 6.61 Å². The summed E-state index contributed by atoms with van der Waals surface area (Å²) in [5.41, 5.74) is 6.31. The predicted octanol–water partition coefficient (Wildman–Crippen LogP) is 5.18. The molecule has 0 amide bonds. The fourth-order valence-electron chi connectivity index (χ4n) is 1.48. The van der Waals surface area contributed by atoms with Crippen molar-refractivity contribution in [3.05, 3.63) is 59.1 Å². The summed E-state index contributed by atoms with van der Waals surface area (Å²) in [6.07, 6.45) is 1.57. The summed E-state index contributed by atoms with van der Waals surface area (Å²) < 4.78 is 11.3. The van der Waals surface area contributed by atoms with Crippen LogP contribution in [0.4, 0.5) is 5.69 Å². The number of ether oxygens (including phenoxy) is 2. The Balaban J connectivity index is 0.00000220. The Hall–Kier alpha value is -1.55. The van der Waals surface area contributed by atoms with Gasteiger partial charge in [0.05, 0.1) is 0 Å². The molecule has 112 valence electrons. The minimum Gasteiger partial charge on any atom is -0.489 e. The van der Waals surface area contributed by atoms with E-state index in [9.17, 15) is 0 Å². The largest absolute Gasteiger partial charge is 0.489 e. The van der Waals surface area contributed by atoms with Gasteiger partial charge in [-0.1, -0.05) is 23.2 Å². The van der Waals surface area contributed by atoms with E-state index in [1.807, 2.05) is 36.4 Å². The molecule has 6 heteroatoms. The molecule has 0 unspecified atom stereocenters. The standard InChI is InChI=1S/C15H13Cl2NO2.ClH/c16-15(17)9-10-19-12-5-7-14(8-6-12)20-13-3-1-11(18)2-4-13;/h1-9H,10,18H2;1H. The maximum Gasteiger partial charge on any atom is 0.127 e. The van der Waals surface area contributed by atoms with E-state index in [-0.39, 0.29) is 16.9 Å². The normalized spacial score (nSPS) is 9.43. The molecular weight excluding hydrogens is 333 g/mol. The SMILES string of the molecule is Cl.Nc1ccc(Oc2ccc(OCC=C(Cl)Cl)cc2)cc1. The quantitative estimate of drug-likeness (QED) is 0.759. The average Bonchev–Trinajstić information content (AvgIpc) is 2.43. The van der Waals surface area contributed by atoms with Crippen LogP contribution in [0.25, 0.3) is 0 Å². The van der Waals surface area contributed by atoms with Crippen LogP contribution in [0, 0.1) is 0 Å².